The summed E-state index contributed by atoms with van der Waals surface area (Å²) in [5.41, 5.74) is 3.60. The minimum atomic E-state index is -0.125. The largest absolute Gasteiger partial charge is 0.393 e. The minimum absolute atomic E-state index is 0.0533. The van der Waals surface area contributed by atoms with Crippen LogP contribution in [0.4, 0.5) is 0 Å². The van der Waals surface area contributed by atoms with Crippen molar-refractivity contribution in [3.05, 3.63) is 11.6 Å². The molecular formula is C30H50O. The maximum Gasteiger partial charge on any atom is 0.0594 e. The first kappa shape index (κ1) is 22.5. The van der Waals surface area contributed by atoms with Crippen LogP contribution >= 0.6 is 0 Å². The molecule has 1 N–H and O–H groups in total. The SMILES string of the molecule is C[C@H]1[C@H](C)CC[C@]2(C)CC[C@@]3(C)C(=CC[C@@H]4[C@@]5(C)CC[C@H](O)C(C)(C)[C@@H]5CC[C@]43C)[C@@H]12. The summed E-state index contributed by atoms with van der Waals surface area (Å²) in [6.07, 6.45) is 14.5. The Balaban J connectivity index is 1.59. The maximum atomic E-state index is 10.9. The van der Waals surface area contributed by atoms with Gasteiger partial charge >= 0.3 is 0 Å². The first-order valence-corrected chi connectivity index (χ1v) is 13.7. The molecule has 4 fully saturated rings. The van der Waals surface area contributed by atoms with E-state index >= 15 is 0 Å². The Morgan fingerprint density at radius 3 is 2.23 bits per heavy atom. The highest BCUT2D eigenvalue weighted by atomic mass is 16.3. The fourth-order valence-corrected chi connectivity index (χ4v) is 10.8. The van der Waals surface area contributed by atoms with Crippen molar-refractivity contribution in [3.8, 4) is 0 Å². The van der Waals surface area contributed by atoms with Crippen molar-refractivity contribution >= 4 is 0 Å². The second kappa shape index (κ2) is 6.64. The highest BCUT2D eigenvalue weighted by molar-refractivity contribution is 5.33. The van der Waals surface area contributed by atoms with E-state index in [2.05, 4.69) is 61.5 Å². The minimum Gasteiger partial charge on any atom is -0.393 e. The molecular weight excluding hydrogens is 376 g/mol. The first-order chi connectivity index (χ1) is 14.3. The highest BCUT2D eigenvalue weighted by Gasteiger charge is 2.67. The molecule has 5 rings (SSSR count). The summed E-state index contributed by atoms with van der Waals surface area (Å²) < 4.78 is 0. The Bertz CT molecular complexity index is 779. The van der Waals surface area contributed by atoms with Crippen LogP contribution in [0.15, 0.2) is 11.6 Å². The molecule has 0 radical (unpaired) electrons. The molecule has 0 bridgehead atoms. The number of allylic oxidation sites excluding steroid dienone is 2. The fraction of sp³-hybridized carbons (Fsp3) is 0.933. The van der Waals surface area contributed by atoms with Crippen molar-refractivity contribution in [1.82, 2.24) is 0 Å². The smallest absolute Gasteiger partial charge is 0.0594 e. The van der Waals surface area contributed by atoms with Crippen LogP contribution < -0.4 is 0 Å². The molecule has 0 aromatic rings. The average molecular weight is 427 g/mol. The molecule has 0 aromatic carbocycles. The molecule has 5 aliphatic carbocycles. The van der Waals surface area contributed by atoms with Gasteiger partial charge in [-0.15, -0.1) is 0 Å². The number of aliphatic hydroxyl groups excluding tert-OH is 1. The van der Waals surface area contributed by atoms with Crippen LogP contribution in [0.2, 0.25) is 0 Å². The molecule has 176 valence electrons. The summed E-state index contributed by atoms with van der Waals surface area (Å²) in [6.45, 7) is 20.5. The van der Waals surface area contributed by atoms with E-state index in [4.69, 9.17) is 0 Å². The number of fused-ring (bicyclic) bond motifs is 7. The summed E-state index contributed by atoms with van der Waals surface area (Å²) in [6, 6.07) is 0. The van der Waals surface area contributed by atoms with Gasteiger partial charge in [-0.1, -0.05) is 67.0 Å². The van der Waals surface area contributed by atoms with Crippen LogP contribution in [0.25, 0.3) is 0 Å². The van der Waals surface area contributed by atoms with E-state index in [1.807, 2.05) is 5.57 Å². The predicted octanol–water partition coefficient (Wildman–Crippen LogP) is 8.02. The summed E-state index contributed by atoms with van der Waals surface area (Å²) in [5.74, 6) is 3.90. The molecule has 1 heteroatoms. The Morgan fingerprint density at radius 2 is 1.52 bits per heavy atom. The highest BCUT2D eigenvalue weighted by Crippen LogP contribution is 2.75. The molecule has 0 unspecified atom stereocenters. The van der Waals surface area contributed by atoms with Gasteiger partial charge in [0, 0.05) is 0 Å². The second-order valence-corrected chi connectivity index (χ2v) is 14.7. The average Bonchev–Trinajstić information content (AvgIpc) is 2.69. The lowest BCUT2D eigenvalue weighted by Gasteiger charge is -2.71. The quantitative estimate of drug-likeness (QED) is 0.389. The zero-order valence-electron chi connectivity index (χ0n) is 21.9. The summed E-state index contributed by atoms with van der Waals surface area (Å²) in [7, 11) is 0. The van der Waals surface area contributed by atoms with Gasteiger partial charge in [-0.25, -0.2) is 0 Å². The molecule has 0 heterocycles. The molecule has 0 aliphatic heterocycles. The van der Waals surface area contributed by atoms with Crippen molar-refractivity contribution < 1.29 is 5.11 Å². The molecule has 0 amide bonds. The van der Waals surface area contributed by atoms with Crippen molar-refractivity contribution in [1.29, 1.82) is 0 Å². The normalized spacial score (nSPS) is 58.3. The first-order valence-electron chi connectivity index (χ1n) is 13.7. The van der Waals surface area contributed by atoms with E-state index in [0.717, 1.165) is 30.1 Å². The van der Waals surface area contributed by atoms with E-state index in [0.29, 0.717) is 27.6 Å². The summed E-state index contributed by atoms with van der Waals surface area (Å²) in [5, 5.41) is 10.9. The Hall–Kier alpha value is -0.300. The Kier molecular flexibility index (Phi) is 4.82. The van der Waals surface area contributed by atoms with E-state index in [9.17, 15) is 5.11 Å². The van der Waals surface area contributed by atoms with Gasteiger partial charge in [0.25, 0.3) is 0 Å². The van der Waals surface area contributed by atoms with Crippen LogP contribution in [0.1, 0.15) is 113 Å². The monoisotopic (exact) mass is 426 g/mol. The fourth-order valence-electron chi connectivity index (χ4n) is 10.8. The lowest BCUT2D eigenvalue weighted by molar-refractivity contribution is -0.203. The zero-order valence-corrected chi connectivity index (χ0v) is 21.9. The van der Waals surface area contributed by atoms with Gasteiger partial charge in [0.2, 0.25) is 0 Å². The van der Waals surface area contributed by atoms with Crippen LogP contribution in [0, 0.1) is 56.7 Å². The second-order valence-electron chi connectivity index (χ2n) is 14.7. The van der Waals surface area contributed by atoms with Crippen molar-refractivity contribution in [2.45, 2.75) is 119 Å². The Labute approximate surface area is 192 Å². The van der Waals surface area contributed by atoms with E-state index in [-0.39, 0.29) is 11.5 Å². The van der Waals surface area contributed by atoms with Gasteiger partial charge in [0.1, 0.15) is 0 Å². The molecule has 10 atom stereocenters. The molecule has 1 nitrogen and oxygen atoms in total. The van der Waals surface area contributed by atoms with Crippen molar-refractivity contribution in [2.24, 2.45) is 56.7 Å². The number of rotatable bonds is 0. The third-order valence-corrected chi connectivity index (χ3v) is 13.4. The van der Waals surface area contributed by atoms with Gasteiger partial charge in [0.05, 0.1) is 6.10 Å². The lowest BCUT2D eigenvalue weighted by atomic mass is 9.33. The number of hydrogen-bond donors (Lipinski definition) is 1. The summed E-state index contributed by atoms with van der Waals surface area (Å²) in [4.78, 5) is 0. The van der Waals surface area contributed by atoms with E-state index in [1.54, 1.807) is 0 Å². The van der Waals surface area contributed by atoms with Gasteiger partial charge in [-0.05, 0) is 114 Å². The van der Waals surface area contributed by atoms with Crippen LogP contribution in [-0.2, 0) is 0 Å². The van der Waals surface area contributed by atoms with Gasteiger partial charge < -0.3 is 5.11 Å². The number of hydrogen-bond acceptors (Lipinski definition) is 1. The van der Waals surface area contributed by atoms with Crippen LogP contribution in [0.3, 0.4) is 0 Å². The third-order valence-electron chi connectivity index (χ3n) is 13.4. The molecule has 5 aliphatic rings. The standard InChI is InChI=1S/C30H50O/c1-19-11-14-27(5)17-18-29(7)21(25(27)20(19)2)9-10-23-28(6)15-13-24(31)26(3,4)22(28)12-16-30(23,29)8/h9,19-20,22-25,31H,10-18H2,1-8H3/t19-,20+,22+,23-,24+,25-,27-,28+,29+,30-/m1/s1. The molecule has 0 spiro atoms. The lowest BCUT2D eigenvalue weighted by Crippen LogP contribution is -2.64. The molecule has 31 heavy (non-hydrogen) atoms. The zero-order chi connectivity index (χ0) is 22.6. The molecule has 0 saturated heterocycles. The van der Waals surface area contributed by atoms with E-state index < -0.39 is 0 Å². The maximum absolute atomic E-state index is 10.9. The molecule has 4 saturated carbocycles. The van der Waals surface area contributed by atoms with Crippen LogP contribution in [-0.4, -0.2) is 11.2 Å². The summed E-state index contributed by atoms with van der Waals surface area (Å²) >= 11 is 0. The topological polar surface area (TPSA) is 20.2 Å². The predicted molar refractivity (Wildman–Crippen MR) is 131 cm³/mol. The van der Waals surface area contributed by atoms with Crippen LogP contribution in [0.5, 0.6) is 0 Å². The molecule has 0 aromatic heterocycles. The van der Waals surface area contributed by atoms with Gasteiger partial charge in [-0.2, -0.15) is 0 Å². The van der Waals surface area contributed by atoms with Crippen molar-refractivity contribution in [3.63, 3.8) is 0 Å². The van der Waals surface area contributed by atoms with Gasteiger partial charge in [-0.3, -0.25) is 0 Å². The van der Waals surface area contributed by atoms with E-state index in [1.165, 1.54) is 51.4 Å². The number of aliphatic hydroxyl groups is 1. The van der Waals surface area contributed by atoms with Gasteiger partial charge in [0.15, 0.2) is 0 Å². The third kappa shape index (κ3) is 2.65. The Morgan fingerprint density at radius 1 is 0.806 bits per heavy atom. The van der Waals surface area contributed by atoms with Crippen molar-refractivity contribution in [2.75, 3.05) is 0 Å².